The molecule has 0 atom stereocenters. The quantitative estimate of drug-likeness (QED) is 0.0787. The lowest BCUT2D eigenvalue weighted by molar-refractivity contribution is -0.128. The summed E-state index contributed by atoms with van der Waals surface area (Å²) in [6.07, 6.45) is 7.54. The molecule has 0 radical (unpaired) electrons. The van der Waals surface area contributed by atoms with Crippen molar-refractivity contribution in [3.63, 3.8) is 0 Å². The van der Waals surface area contributed by atoms with Crippen LogP contribution in [0.3, 0.4) is 0 Å². The lowest BCUT2D eigenvalue weighted by Crippen LogP contribution is -2.07. The molecule has 0 saturated carbocycles. The van der Waals surface area contributed by atoms with E-state index in [0.717, 1.165) is 43.4 Å². The summed E-state index contributed by atoms with van der Waals surface area (Å²) in [7, 11) is -3.06. The van der Waals surface area contributed by atoms with E-state index < -0.39 is 19.2 Å². The molecule has 0 heterocycles. The first kappa shape index (κ1) is 24.1. The van der Waals surface area contributed by atoms with Crippen LogP contribution in [0.15, 0.2) is 67.3 Å². The molecule has 0 amide bonds. The molecule has 2 rings (SSSR count). The number of ether oxygens (including phenoxy) is 1. The van der Waals surface area contributed by atoms with Crippen LogP contribution in [-0.2, 0) is 15.9 Å². The molecule has 0 aliphatic carbocycles. The molecule has 0 spiro atoms. The van der Waals surface area contributed by atoms with Crippen LogP contribution in [0, 0.1) is 0 Å². The van der Waals surface area contributed by atoms with Gasteiger partial charge in [-0.05, 0) is 42.7 Å². The van der Waals surface area contributed by atoms with Crippen molar-refractivity contribution in [3.05, 3.63) is 84.0 Å². The van der Waals surface area contributed by atoms with Crippen molar-refractivity contribution in [2.45, 2.75) is 39.0 Å². The first-order valence-electron chi connectivity index (χ1n) is 10.2. The molecule has 0 unspecified atom stereocenters. The van der Waals surface area contributed by atoms with E-state index >= 15 is 0 Å². The van der Waals surface area contributed by atoms with Crippen molar-refractivity contribution in [2.75, 3.05) is 0 Å². The lowest BCUT2D eigenvalue weighted by atomic mass is 10.0. The number of unbranched alkanes of at least 4 members (excludes halogenated alkanes) is 3. The monoisotopic (exact) mass is 426 g/mol. The fourth-order valence-electron chi connectivity index (χ4n) is 2.92. The summed E-state index contributed by atoms with van der Waals surface area (Å²) in [6, 6.07) is 12.8. The van der Waals surface area contributed by atoms with Crippen LogP contribution in [0.1, 0.15) is 54.1 Å². The summed E-state index contributed by atoms with van der Waals surface area (Å²) in [5, 5.41) is 0. The van der Waals surface area contributed by atoms with Gasteiger partial charge in [0, 0.05) is 23.3 Å². The largest absolute Gasteiger partial charge is 0.796 e. The minimum absolute atomic E-state index is 0.209. The van der Waals surface area contributed by atoms with Gasteiger partial charge in [0.25, 0.3) is 0 Å². The molecule has 0 fully saturated rings. The zero-order chi connectivity index (χ0) is 22.6. The minimum Gasteiger partial charge on any atom is -0.505 e. The van der Waals surface area contributed by atoms with E-state index in [-0.39, 0.29) is 17.1 Å². The van der Waals surface area contributed by atoms with E-state index in [9.17, 15) is 18.2 Å². The van der Waals surface area contributed by atoms with E-state index in [2.05, 4.69) is 18.2 Å². The molecule has 0 aromatic heterocycles. The Balaban J connectivity index is 2.14. The zero-order valence-electron chi connectivity index (χ0n) is 17.5. The second-order valence-corrected chi connectivity index (χ2v) is 6.91. The smallest absolute Gasteiger partial charge is 0.505 e. The van der Waals surface area contributed by atoms with Crippen molar-refractivity contribution in [1.82, 2.24) is 0 Å². The third-order valence-electron chi connectivity index (χ3n) is 4.56. The van der Waals surface area contributed by atoms with Gasteiger partial charge < -0.3 is 9.39 Å². The van der Waals surface area contributed by atoms with Gasteiger partial charge in [-0.25, -0.2) is 13.4 Å². The lowest BCUT2D eigenvalue weighted by Gasteiger charge is -2.10. The fraction of sp³-hybridized carbons (Fsp3) is 0.250. The maximum atomic E-state index is 12.9. The molecule has 0 aliphatic heterocycles. The molecule has 162 valence electrons. The summed E-state index contributed by atoms with van der Waals surface area (Å²) < 4.78 is 35.4. The summed E-state index contributed by atoms with van der Waals surface area (Å²) in [4.78, 5) is 23.8. The molecular formula is C24H25BF2O4. The van der Waals surface area contributed by atoms with Gasteiger partial charge in [-0.3, -0.25) is 4.79 Å². The number of halogens is 2. The van der Waals surface area contributed by atoms with Crippen molar-refractivity contribution in [2.24, 2.45) is 0 Å². The van der Waals surface area contributed by atoms with E-state index in [0.29, 0.717) is 5.56 Å². The Bertz CT molecular complexity index is 906. The second kappa shape index (κ2) is 12.5. The Labute approximate surface area is 181 Å². The molecule has 0 bridgehead atoms. The molecule has 0 N–H and O–H groups in total. The Morgan fingerprint density at radius 3 is 2.19 bits per heavy atom. The first-order valence-corrected chi connectivity index (χ1v) is 10.2. The van der Waals surface area contributed by atoms with E-state index in [1.807, 2.05) is 12.1 Å². The number of hydrogen-bond donors (Lipinski definition) is 0. The van der Waals surface area contributed by atoms with Crippen molar-refractivity contribution in [3.8, 4) is 5.75 Å². The summed E-state index contributed by atoms with van der Waals surface area (Å²) in [5.41, 5.74) is 1.73. The molecule has 0 saturated heterocycles. The summed E-state index contributed by atoms with van der Waals surface area (Å²) >= 11 is 0. The van der Waals surface area contributed by atoms with Gasteiger partial charge in [0.2, 0.25) is 0 Å². The van der Waals surface area contributed by atoms with Gasteiger partial charge in [0.15, 0.2) is 5.78 Å². The molecular weight excluding hydrogens is 401 g/mol. The molecule has 0 aliphatic rings. The van der Waals surface area contributed by atoms with Gasteiger partial charge in [-0.15, -0.1) is 0 Å². The fourth-order valence-corrected chi connectivity index (χ4v) is 2.92. The van der Waals surface area contributed by atoms with Gasteiger partial charge >= 0.3 is 13.4 Å². The van der Waals surface area contributed by atoms with Crippen LogP contribution in [0.25, 0.3) is 5.76 Å². The minimum atomic E-state index is -3.06. The Kier molecular flexibility index (Phi) is 9.68. The molecule has 2 aromatic carbocycles. The summed E-state index contributed by atoms with van der Waals surface area (Å²) in [5.74, 6) is -1.11. The Morgan fingerprint density at radius 1 is 0.968 bits per heavy atom. The SMILES string of the molecule is C=CC(=O)Oc1ccc(C(=O)/C=C(\OB(F)F)c2ccc(CCCCCC)cc2)cc1. The highest BCUT2D eigenvalue weighted by Gasteiger charge is 2.21. The van der Waals surface area contributed by atoms with E-state index in [1.54, 1.807) is 12.1 Å². The number of ketones is 1. The topological polar surface area (TPSA) is 52.6 Å². The maximum absolute atomic E-state index is 12.9. The van der Waals surface area contributed by atoms with Crippen LogP contribution in [0.2, 0.25) is 0 Å². The summed E-state index contributed by atoms with van der Waals surface area (Å²) in [6.45, 7) is 5.46. The van der Waals surface area contributed by atoms with Gasteiger partial charge in [0.1, 0.15) is 11.5 Å². The molecule has 2 aromatic rings. The van der Waals surface area contributed by atoms with Gasteiger partial charge in [0.05, 0.1) is 0 Å². The van der Waals surface area contributed by atoms with Crippen LogP contribution in [0.4, 0.5) is 8.63 Å². The van der Waals surface area contributed by atoms with Gasteiger partial charge in [-0.1, -0.05) is 57.0 Å². The number of carbonyl (C=O) groups excluding carboxylic acids is 2. The predicted octanol–water partition coefficient (Wildman–Crippen LogP) is 6.07. The average Bonchev–Trinajstić information content (AvgIpc) is 2.76. The zero-order valence-corrected chi connectivity index (χ0v) is 17.5. The first-order chi connectivity index (χ1) is 14.9. The van der Waals surface area contributed by atoms with Gasteiger partial charge in [-0.2, -0.15) is 0 Å². The maximum Gasteiger partial charge on any atom is 0.796 e. The number of allylic oxidation sites excluding steroid dienone is 1. The average molecular weight is 426 g/mol. The highest BCUT2D eigenvalue weighted by Crippen LogP contribution is 2.21. The third-order valence-corrected chi connectivity index (χ3v) is 4.56. The van der Waals surface area contributed by atoms with Crippen LogP contribution < -0.4 is 4.74 Å². The molecule has 4 nitrogen and oxygen atoms in total. The van der Waals surface area contributed by atoms with Crippen LogP contribution in [0.5, 0.6) is 5.75 Å². The van der Waals surface area contributed by atoms with E-state index in [4.69, 9.17) is 4.74 Å². The van der Waals surface area contributed by atoms with Crippen LogP contribution in [-0.4, -0.2) is 19.2 Å². The van der Waals surface area contributed by atoms with E-state index in [1.165, 1.54) is 30.7 Å². The number of carbonyl (C=O) groups is 2. The van der Waals surface area contributed by atoms with Crippen molar-refractivity contribution < 1.29 is 27.6 Å². The number of esters is 1. The Hall–Kier alpha value is -3.22. The van der Waals surface area contributed by atoms with Crippen LogP contribution >= 0.6 is 0 Å². The second-order valence-electron chi connectivity index (χ2n) is 6.91. The predicted molar refractivity (Wildman–Crippen MR) is 118 cm³/mol. The number of rotatable bonds is 12. The number of benzene rings is 2. The molecule has 31 heavy (non-hydrogen) atoms. The van der Waals surface area contributed by atoms with Crippen molar-refractivity contribution in [1.29, 1.82) is 0 Å². The Morgan fingerprint density at radius 2 is 1.61 bits per heavy atom. The van der Waals surface area contributed by atoms with Crippen molar-refractivity contribution >= 4 is 25.0 Å². The number of aryl methyl sites for hydroxylation is 1. The molecule has 7 heteroatoms. The highest BCUT2D eigenvalue weighted by atomic mass is 19.2. The normalized spacial score (nSPS) is 11.0. The standard InChI is InChI=1S/C24H25BF2O4/c1-3-5-6-7-8-18-9-11-20(12-10-18)23(31-25(26)27)17-22(28)19-13-15-21(16-14-19)30-24(29)4-2/h4,9-17H,2-3,5-8H2,1H3/b23-17-. The number of hydrogen-bond acceptors (Lipinski definition) is 4. The highest BCUT2D eigenvalue weighted by molar-refractivity contribution is 6.36. The third kappa shape index (κ3) is 8.20.